The van der Waals surface area contributed by atoms with Crippen LogP contribution in [0.2, 0.25) is 0 Å². The van der Waals surface area contributed by atoms with Crippen LogP contribution in [0, 0.1) is 0 Å². The fraction of sp³-hybridized carbons (Fsp3) is 0.0323. The Balaban J connectivity index is 1.85. The van der Waals surface area contributed by atoms with Crippen LogP contribution in [0.25, 0.3) is 11.1 Å². The Morgan fingerprint density at radius 2 is 0.697 bits per heavy atom. The topological polar surface area (TPSA) is 0 Å². The van der Waals surface area contributed by atoms with Gasteiger partial charge in [0, 0.05) is 0 Å². The first-order chi connectivity index (χ1) is 16.2. The zero-order chi connectivity index (χ0) is 22.3. The molecule has 1 aliphatic rings. The summed E-state index contributed by atoms with van der Waals surface area (Å²) < 4.78 is 0. The van der Waals surface area contributed by atoms with Crippen LogP contribution in [0.15, 0.2) is 140 Å². The number of halogens is 1. The molecule has 1 aliphatic carbocycles. The zero-order valence-electron chi connectivity index (χ0n) is 18.2. The Kier molecular flexibility index (Phi) is 4.87. The number of fused-ring (bicyclic) bond motifs is 3. The van der Waals surface area contributed by atoms with Gasteiger partial charge in [0.15, 0.2) is 0 Å². The van der Waals surface area contributed by atoms with E-state index in [1.165, 1.54) is 38.2 Å². The van der Waals surface area contributed by atoms with Crippen LogP contribution >= 0.6 is 20.8 Å². The Morgan fingerprint density at radius 1 is 0.394 bits per heavy atom. The fourth-order valence-electron chi connectivity index (χ4n) is 5.70. The molecule has 0 unspecified atom stereocenters. The summed E-state index contributed by atoms with van der Waals surface area (Å²) in [6, 6.07) is 51.2. The second-order valence-corrected chi connectivity index (χ2v) is 17.3. The number of benzene rings is 5. The van der Waals surface area contributed by atoms with E-state index in [1.807, 2.05) is 0 Å². The molecule has 0 atom stereocenters. The molecule has 2 heteroatoms. The predicted molar refractivity (Wildman–Crippen MR) is 148 cm³/mol. The van der Waals surface area contributed by atoms with E-state index in [4.69, 9.17) is 15.5 Å². The van der Waals surface area contributed by atoms with Gasteiger partial charge in [0.25, 0.3) is 0 Å². The summed E-state index contributed by atoms with van der Waals surface area (Å²) in [5.74, 6) is 0. The molecule has 33 heavy (non-hydrogen) atoms. The van der Waals surface area contributed by atoms with Crippen LogP contribution in [0.3, 0.4) is 0 Å². The minimum absolute atomic E-state index is 0.163. The first-order valence-electron chi connectivity index (χ1n) is 11.3. The average molecular weight is 507 g/mol. The van der Waals surface area contributed by atoms with Gasteiger partial charge in [-0.3, -0.25) is 0 Å². The van der Waals surface area contributed by atoms with Crippen LogP contribution in [0.5, 0.6) is 0 Å². The number of rotatable bonds is 4. The SMILES string of the molecule is BrP(c1ccccc1)(c1ccccc1)(c1ccccc1)C1c2ccccc2-c2ccccc21. The third-order valence-electron chi connectivity index (χ3n) is 7.07. The molecular weight excluding hydrogens is 483 g/mol. The molecule has 0 nitrogen and oxygen atoms in total. The molecule has 0 amide bonds. The molecule has 5 aromatic carbocycles. The van der Waals surface area contributed by atoms with Gasteiger partial charge < -0.3 is 0 Å². The summed E-state index contributed by atoms with van der Waals surface area (Å²) in [5, 5.41) is 0.822. The molecule has 0 N–H and O–H groups in total. The average Bonchev–Trinajstić information content (AvgIpc) is 3.25. The number of hydrogen-bond acceptors (Lipinski definition) is 0. The maximum atomic E-state index is 4.71. The van der Waals surface area contributed by atoms with E-state index in [-0.39, 0.29) is 5.66 Å². The van der Waals surface area contributed by atoms with Gasteiger partial charge in [-0.25, -0.2) is 0 Å². The van der Waals surface area contributed by atoms with Gasteiger partial charge in [-0.15, -0.1) is 0 Å². The first kappa shape index (κ1) is 20.6. The van der Waals surface area contributed by atoms with Crippen LogP contribution < -0.4 is 15.9 Å². The predicted octanol–water partition coefficient (Wildman–Crippen LogP) is 7.60. The minimum atomic E-state index is -3.21. The molecule has 160 valence electrons. The van der Waals surface area contributed by atoms with Crippen molar-refractivity contribution in [2.24, 2.45) is 0 Å². The Hall–Kier alpha value is -2.99. The maximum absolute atomic E-state index is 4.71. The molecular formula is C31H24BrP. The Bertz CT molecular complexity index is 1280. The van der Waals surface area contributed by atoms with E-state index in [1.54, 1.807) is 0 Å². The van der Waals surface area contributed by atoms with Gasteiger partial charge >= 0.3 is 204 Å². The fourth-order valence-corrected chi connectivity index (χ4v) is 14.7. The second kappa shape index (κ2) is 7.80. The van der Waals surface area contributed by atoms with Crippen molar-refractivity contribution in [1.29, 1.82) is 0 Å². The zero-order valence-corrected chi connectivity index (χ0v) is 20.7. The summed E-state index contributed by atoms with van der Waals surface area (Å²) in [7, 11) is 0. The van der Waals surface area contributed by atoms with Crippen molar-refractivity contribution in [3.05, 3.63) is 151 Å². The van der Waals surface area contributed by atoms with Crippen molar-refractivity contribution in [3.8, 4) is 11.1 Å². The van der Waals surface area contributed by atoms with Gasteiger partial charge in [-0.2, -0.15) is 0 Å². The molecule has 0 saturated carbocycles. The van der Waals surface area contributed by atoms with E-state index in [9.17, 15) is 0 Å². The third-order valence-corrected chi connectivity index (χ3v) is 17.4. The number of hydrogen-bond donors (Lipinski definition) is 0. The second-order valence-electron chi connectivity index (χ2n) is 8.66. The van der Waals surface area contributed by atoms with E-state index >= 15 is 0 Å². The molecule has 0 spiro atoms. The molecule has 6 rings (SSSR count). The van der Waals surface area contributed by atoms with Crippen molar-refractivity contribution in [3.63, 3.8) is 0 Å². The molecule has 0 aliphatic heterocycles. The van der Waals surface area contributed by atoms with E-state index in [2.05, 4.69) is 140 Å². The van der Waals surface area contributed by atoms with Gasteiger partial charge in [0.1, 0.15) is 0 Å². The van der Waals surface area contributed by atoms with Gasteiger partial charge in [-0.1, -0.05) is 0 Å². The quantitative estimate of drug-likeness (QED) is 0.220. The van der Waals surface area contributed by atoms with Crippen molar-refractivity contribution in [2.45, 2.75) is 5.66 Å². The first-order valence-corrected chi connectivity index (χ1v) is 15.6. The third kappa shape index (κ3) is 2.80. The summed E-state index contributed by atoms with van der Waals surface area (Å²) in [6.07, 6.45) is 0. The Labute approximate surface area is 203 Å². The van der Waals surface area contributed by atoms with Crippen molar-refractivity contribution in [1.82, 2.24) is 0 Å². The molecule has 0 heterocycles. The van der Waals surface area contributed by atoms with Gasteiger partial charge in [0.2, 0.25) is 0 Å². The summed E-state index contributed by atoms with van der Waals surface area (Å²) in [6.45, 7) is 0. The van der Waals surface area contributed by atoms with Crippen molar-refractivity contribution in [2.75, 3.05) is 0 Å². The monoisotopic (exact) mass is 506 g/mol. The summed E-state index contributed by atoms with van der Waals surface area (Å²) >= 11 is 4.71. The van der Waals surface area contributed by atoms with Crippen LogP contribution in [0.1, 0.15) is 16.8 Å². The van der Waals surface area contributed by atoms with Crippen LogP contribution in [0.4, 0.5) is 0 Å². The van der Waals surface area contributed by atoms with Crippen LogP contribution in [-0.4, -0.2) is 0 Å². The summed E-state index contributed by atoms with van der Waals surface area (Å²) in [5.41, 5.74) is 5.63. The van der Waals surface area contributed by atoms with Gasteiger partial charge in [0.05, 0.1) is 0 Å². The van der Waals surface area contributed by atoms with E-state index in [0.717, 1.165) is 0 Å². The normalized spacial score (nSPS) is 14.2. The van der Waals surface area contributed by atoms with E-state index < -0.39 is 5.31 Å². The molecule has 0 fully saturated rings. The van der Waals surface area contributed by atoms with Crippen LogP contribution in [-0.2, 0) is 0 Å². The summed E-state index contributed by atoms with van der Waals surface area (Å²) in [4.78, 5) is 0. The molecule has 0 aromatic heterocycles. The molecule has 0 bridgehead atoms. The van der Waals surface area contributed by atoms with Crippen molar-refractivity contribution < 1.29 is 0 Å². The van der Waals surface area contributed by atoms with Gasteiger partial charge in [-0.05, 0) is 0 Å². The van der Waals surface area contributed by atoms with E-state index in [0.29, 0.717) is 0 Å². The van der Waals surface area contributed by atoms with Crippen molar-refractivity contribution >= 4 is 36.7 Å². The molecule has 0 radical (unpaired) electrons. The standard InChI is InChI=1S/C31H24BrP/c32-33(24-14-4-1-5-15-24,25-16-6-2-7-17-25,26-18-8-3-9-19-26)31-29-22-12-10-20-27(29)28-21-11-13-23-30(28)31/h1-23,31H. The Morgan fingerprint density at radius 3 is 1.06 bits per heavy atom. The molecule has 5 aromatic rings. The molecule has 0 saturated heterocycles.